The summed E-state index contributed by atoms with van der Waals surface area (Å²) in [4.78, 5) is 2.60. The summed E-state index contributed by atoms with van der Waals surface area (Å²) < 4.78 is 0. The lowest BCUT2D eigenvalue weighted by Gasteiger charge is -2.37. The molecule has 3 heteroatoms. The second-order valence-corrected chi connectivity index (χ2v) is 5.36. The third-order valence-electron chi connectivity index (χ3n) is 3.68. The highest BCUT2D eigenvalue weighted by Crippen LogP contribution is 2.18. The molecule has 1 saturated heterocycles. The van der Waals surface area contributed by atoms with Crippen molar-refractivity contribution in [2.75, 3.05) is 19.6 Å². The van der Waals surface area contributed by atoms with E-state index in [1.807, 2.05) is 0 Å². The Morgan fingerprint density at radius 3 is 2.53 bits per heavy atom. The molecule has 0 amide bonds. The summed E-state index contributed by atoms with van der Waals surface area (Å²) >= 11 is 0. The molecule has 2 fully saturated rings. The van der Waals surface area contributed by atoms with Crippen LogP contribution in [0.1, 0.15) is 39.0 Å². The van der Waals surface area contributed by atoms with Crippen LogP contribution in [0.25, 0.3) is 0 Å². The average Bonchev–Trinajstić information content (AvgIpc) is 2.17. The van der Waals surface area contributed by atoms with Crippen molar-refractivity contribution in [1.29, 1.82) is 0 Å². The Labute approximate surface area is 93.4 Å². The number of nitrogens with zero attached hydrogens (tertiary/aromatic N) is 1. The van der Waals surface area contributed by atoms with Gasteiger partial charge in [-0.05, 0) is 45.7 Å². The van der Waals surface area contributed by atoms with Gasteiger partial charge in [0.1, 0.15) is 0 Å². The molecule has 0 bridgehead atoms. The Kier molecular flexibility index (Phi) is 4.00. The molecule has 3 nitrogen and oxygen atoms in total. The molecule has 0 aromatic rings. The summed E-state index contributed by atoms with van der Waals surface area (Å²) in [6.07, 6.45) is 6.55. The van der Waals surface area contributed by atoms with Gasteiger partial charge < -0.3 is 16.0 Å². The molecule has 1 aliphatic carbocycles. The molecule has 0 aromatic heterocycles. The highest BCUT2D eigenvalue weighted by atomic mass is 15.2. The molecule has 1 aliphatic heterocycles. The topological polar surface area (TPSA) is 41.3 Å². The van der Waals surface area contributed by atoms with E-state index >= 15 is 0 Å². The predicted octanol–water partition coefficient (Wildman–Crippen LogP) is 0.940. The van der Waals surface area contributed by atoms with Crippen LogP contribution in [-0.2, 0) is 0 Å². The molecule has 0 spiro atoms. The van der Waals surface area contributed by atoms with E-state index in [1.54, 1.807) is 0 Å². The number of likely N-dealkylation sites (tertiary alicyclic amines) is 1. The van der Waals surface area contributed by atoms with Gasteiger partial charge in [-0.1, -0.05) is 6.42 Å². The summed E-state index contributed by atoms with van der Waals surface area (Å²) in [6.45, 7) is 6.12. The fourth-order valence-corrected chi connectivity index (χ4v) is 2.78. The van der Waals surface area contributed by atoms with Crippen molar-refractivity contribution in [2.24, 2.45) is 5.73 Å². The molecule has 1 unspecified atom stereocenters. The molecule has 2 aliphatic rings. The Balaban J connectivity index is 1.61. The van der Waals surface area contributed by atoms with Gasteiger partial charge in [0.2, 0.25) is 0 Å². The zero-order chi connectivity index (χ0) is 10.7. The van der Waals surface area contributed by atoms with Crippen molar-refractivity contribution >= 4 is 0 Å². The largest absolute Gasteiger partial charge is 0.328 e. The second kappa shape index (κ2) is 5.28. The monoisotopic (exact) mass is 211 g/mol. The van der Waals surface area contributed by atoms with Crippen LogP contribution in [0, 0.1) is 0 Å². The minimum Gasteiger partial charge on any atom is -0.328 e. The van der Waals surface area contributed by atoms with Gasteiger partial charge in [0.15, 0.2) is 0 Å². The number of piperidine rings is 1. The van der Waals surface area contributed by atoms with Crippen molar-refractivity contribution in [3.05, 3.63) is 0 Å². The van der Waals surface area contributed by atoms with E-state index in [-0.39, 0.29) is 0 Å². The first-order valence-corrected chi connectivity index (χ1v) is 6.48. The quantitative estimate of drug-likeness (QED) is 0.727. The normalized spacial score (nSPS) is 34.8. The van der Waals surface area contributed by atoms with Crippen LogP contribution < -0.4 is 11.1 Å². The predicted molar refractivity (Wildman–Crippen MR) is 63.9 cm³/mol. The van der Waals surface area contributed by atoms with Gasteiger partial charge in [-0.3, -0.25) is 0 Å². The maximum atomic E-state index is 5.78. The molecule has 88 valence electrons. The van der Waals surface area contributed by atoms with Crippen molar-refractivity contribution in [3.63, 3.8) is 0 Å². The van der Waals surface area contributed by atoms with Crippen molar-refractivity contribution in [1.82, 2.24) is 10.2 Å². The van der Waals surface area contributed by atoms with Gasteiger partial charge in [-0.25, -0.2) is 0 Å². The molecule has 2 rings (SSSR count). The van der Waals surface area contributed by atoms with Gasteiger partial charge >= 0.3 is 0 Å². The molecule has 15 heavy (non-hydrogen) atoms. The smallest absolute Gasteiger partial charge is 0.0169 e. The van der Waals surface area contributed by atoms with E-state index in [0.717, 1.165) is 0 Å². The Morgan fingerprint density at radius 2 is 1.93 bits per heavy atom. The fourth-order valence-electron chi connectivity index (χ4n) is 2.78. The van der Waals surface area contributed by atoms with E-state index in [1.165, 1.54) is 51.7 Å². The lowest BCUT2D eigenvalue weighted by molar-refractivity contribution is 0.188. The zero-order valence-electron chi connectivity index (χ0n) is 9.91. The lowest BCUT2D eigenvalue weighted by atomic mass is 9.87. The van der Waals surface area contributed by atoms with Crippen molar-refractivity contribution in [3.8, 4) is 0 Å². The number of nitrogens with one attached hydrogen (secondary N) is 1. The zero-order valence-corrected chi connectivity index (χ0v) is 9.91. The summed E-state index contributed by atoms with van der Waals surface area (Å²) in [7, 11) is 0. The molecular weight excluding hydrogens is 186 g/mol. The number of hydrogen-bond acceptors (Lipinski definition) is 3. The summed E-state index contributed by atoms with van der Waals surface area (Å²) in [5.74, 6) is 0. The van der Waals surface area contributed by atoms with Crippen LogP contribution >= 0.6 is 0 Å². The minimum absolute atomic E-state index is 0.463. The molecule has 0 aromatic carbocycles. The van der Waals surface area contributed by atoms with E-state index < -0.39 is 0 Å². The molecule has 1 saturated carbocycles. The maximum absolute atomic E-state index is 5.78. The van der Waals surface area contributed by atoms with E-state index in [9.17, 15) is 0 Å². The van der Waals surface area contributed by atoms with Gasteiger partial charge in [0.05, 0.1) is 0 Å². The average molecular weight is 211 g/mol. The van der Waals surface area contributed by atoms with Crippen LogP contribution in [0.2, 0.25) is 0 Å². The molecule has 1 heterocycles. The fraction of sp³-hybridized carbons (Fsp3) is 1.00. The highest BCUT2D eigenvalue weighted by molar-refractivity contribution is 4.89. The number of nitrogens with two attached hydrogens (primary N) is 1. The van der Waals surface area contributed by atoms with Crippen LogP contribution in [0.4, 0.5) is 0 Å². The second-order valence-electron chi connectivity index (χ2n) is 5.36. The first-order valence-electron chi connectivity index (χ1n) is 6.48. The Bertz CT molecular complexity index is 183. The van der Waals surface area contributed by atoms with Gasteiger partial charge in [-0.2, -0.15) is 0 Å². The SMILES string of the molecule is CC(CN1CCCCC1)NC1CC(N)C1. The summed E-state index contributed by atoms with van der Waals surface area (Å²) in [5.41, 5.74) is 5.78. The van der Waals surface area contributed by atoms with Crippen LogP contribution in [0.3, 0.4) is 0 Å². The van der Waals surface area contributed by atoms with Gasteiger partial charge in [0, 0.05) is 24.7 Å². The van der Waals surface area contributed by atoms with Crippen LogP contribution in [0.5, 0.6) is 0 Å². The van der Waals surface area contributed by atoms with Crippen molar-refractivity contribution < 1.29 is 0 Å². The first-order chi connectivity index (χ1) is 7.24. The first kappa shape index (κ1) is 11.4. The number of rotatable bonds is 4. The van der Waals surface area contributed by atoms with Crippen LogP contribution in [-0.4, -0.2) is 42.7 Å². The molecule has 1 atom stereocenters. The van der Waals surface area contributed by atoms with Crippen LogP contribution in [0.15, 0.2) is 0 Å². The Morgan fingerprint density at radius 1 is 1.27 bits per heavy atom. The lowest BCUT2D eigenvalue weighted by Crippen LogP contribution is -2.53. The molecule has 0 radical (unpaired) electrons. The number of hydrogen-bond donors (Lipinski definition) is 2. The molecular formula is C12H25N3. The maximum Gasteiger partial charge on any atom is 0.0169 e. The third kappa shape index (κ3) is 3.44. The summed E-state index contributed by atoms with van der Waals surface area (Å²) in [5, 5.41) is 3.67. The third-order valence-corrected chi connectivity index (χ3v) is 3.68. The van der Waals surface area contributed by atoms with E-state index in [0.29, 0.717) is 18.1 Å². The van der Waals surface area contributed by atoms with E-state index in [2.05, 4.69) is 17.1 Å². The van der Waals surface area contributed by atoms with Crippen molar-refractivity contribution in [2.45, 2.75) is 57.2 Å². The van der Waals surface area contributed by atoms with E-state index in [4.69, 9.17) is 5.73 Å². The minimum atomic E-state index is 0.463. The van der Waals surface area contributed by atoms with Gasteiger partial charge in [-0.15, -0.1) is 0 Å². The standard InChI is InChI=1S/C12H25N3/c1-10(14-12-7-11(13)8-12)9-15-5-3-2-4-6-15/h10-12,14H,2-9,13H2,1H3. The highest BCUT2D eigenvalue weighted by Gasteiger charge is 2.27. The Hall–Kier alpha value is -0.120. The van der Waals surface area contributed by atoms with Gasteiger partial charge in [0.25, 0.3) is 0 Å². The summed E-state index contributed by atoms with van der Waals surface area (Å²) in [6, 6.07) is 1.78. The molecule has 3 N–H and O–H groups in total.